The van der Waals surface area contributed by atoms with E-state index in [4.69, 9.17) is 5.84 Å². The summed E-state index contributed by atoms with van der Waals surface area (Å²) in [6, 6.07) is 13.0. The van der Waals surface area contributed by atoms with Gasteiger partial charge >= 0.3 is 0 Å². The van der Waals surface area contributed by atoms with Crippen molar-refractivity contribution in [3.63, 3.8) is 0 Å². The molecule has 0 amide bonds. The van der Waals surface area contributed by atoms with E-state index >= 15 is 0 Å². The van der Waals surface area contributed by atoms with Gasteiger partial charge in [-0.25, -0.2) is 0 Å². The highest BCUT2D eigenvalue weighted by molar-refractivity contribution is 7.99. The van der Waals surface area contributed by atoms with Crippen molar-refractivity contribution < 1.29 is 0 Å². The summed E-state index contributed by atoms with van der Waals surface area (Å²) < 4.78 is 1.98. The van der Waals surface area contributed by atoms with Gasteiger partial charge in [-0.15, -0.1) is 11.8 Å². The van der Waals surface area contributed by atoms with E-state index in [0.29, 0.717) is 6.04 Å². The molecule has 0 aliphatic heterocycles. The van der Waals surface area contributed by atoms with Crippen molar-refractivity contribution in [1.29, 1.82) is 0 Å². The molecule has 0 saturated carbocycles. The second kappa shape index (κ2) is 7.47. The molecule has 1 atom stereocenters. The molecule has 0 aliphatic carbocycles. The van der Waals surface area contributed by atoms with Crippen molar-refractivity contribution in [2.45, 2.75) is 37.2 Å². The predicted octanol–water partition coefficient (Wildman–Crippen LogP) is 2.63. The molecule has 0 fully saturated rings. The number of nitrogens with one attached hydrogen (secondary N) is 1. The highest BCUT2D eigenvalue weighted by Crippen LogP contribution is 2.19. The van der Waals surface area contributed by atoms with Gasteiger partial charge in [-0.2, -0.15) is 5.10 Å². The molecule has 1 heterocycles. The van der Waals surface area contributed by atoms with Gasteiger partial charge in [0.25, 0.3) is 0 Å². The number of hydrogen-bond donors (Lipinski definition) is 2. The summed E-state index contributed by atoms with van der Waals surface area (Å²) in [5, 5.41) is 4.56. The number of hydrazine groups is 1. The molecule has 0 aliphatic rings. The summed E-state index contributed by atoms with van der Waals surface area (Å²) in [6.45, 7) is 4.25. The SMILES string of the molecule is CC(C)n1ccc(CC(CSc2ccccc2)NN)n1. The topological polar surface area (TPSA) is 55.9 Å². The number of nitrogens with zero attached hydrogens (tertiary/aromatic N) is 2. The minimum atomic E-state index is 0.218. The molecule has 4 nitrogen and oxygen atoms in total. The average molecular weight is 290 g/mol. The van der Waals surface area contributed by atoms with Crippen LogP contribution in [0.4, 0.5) is 0 Å². The lowest BCUT2D eigenvalue weighted by molar-refractivity contribution is 0.513. The Labute approximate surface area is 124 Å². The summed E-state index contributed by atoms with van der Waals surface area (Å²) in [6.07, 6.45) is 2.87. The summed E-state index contributed by atoms with van der Waals surface area (Å²) in [4.78, 5) is 1.26. The molecule has 5 heteroatoms. The van der Waals surface area contributed by atoms with Gasteiger partial charge in [-0.1, -0.05) is 18.2 Å². The molecule has 0 radical (unpaired) electrons. The normalized spacial score (nSPS) is 12.8. The fourth-order valence-corrected chi connectivity index (χ4v) is 2.86. The maximum atomic E-state index is 5.65. The van der Waals surface area contributed by atoms with E-state index in [0.717, 1.165) is 17.9 Å². The van der Waals surface area contributed by atoms with Gasteiger partial charge in [-0.3, -0.25) is 16.0 Å². The van der Waals surface area contributed by atoms with Crippen LogP contribution in [-0.4, -0.2) is 21.6 Å². The van der Waals surface area contributed by atoms with E-state index in [-0.39, 0.29) is 6.04 Å². The van der Waals surface area contributed by atoms with Gasteiger partial charge in [-0.05, 0) is 32.0 Å². The molecule has 1 aromatic heterocycles. The maximum absolute atomic E-state index is 5.65. The first kappa shape index (κ1) is 15.1. The first-order valence-corrected chi connectivity index (χ1v) is 7.85. The zero-order valence-electron chi connectivity index (χ0n) is 12.0. The largest absolute Gasteiger partial charge is 0.271 e. The molecular weight excluding hydrogens is 268 g/mol. The highest BCUT2D eigenvalue weighted by atomic mass is 32.2. The van der Waals surface area contributed by atoms with Crippen LogP contribution in [0, 0.1) is 0 Å². The van der Waals surface area contributed by atoms with E-state index in [1.807, 2.05) is 28.7 Å². The van der Waals surface area contributed by atoms with Gasteiger partial charge in [0, 0.05) is 35.3 Å². The number of hydrogen-bond acceptors (Lipinski definition) is 4. The number of nitrogens with two attached hydrogens (primary N) is 1. The van der Waals surface area contributed by atoms with Gasteiger partial charge in [0.15, 0.2) is 0 Å². The summed E-state index contributed by atoms with van der Waals surface area (Å²) in [5.41, 5.74) is 3.97. The van der Waals surface area contributed by atoms with Gasteiger partial charge < -0.3 is 0 Å². The summed E-state index contributed by atoms with van der Waals surface area (Å²) >= 11 is 1.81. The second-order valence-corrected chi connectivity index (χ2v) is 6.17. The minimum Gasteiger partial charge on any atom is -0.271 e. The van der Waals surface area contributed by atoms with Gasteiger partial charge in [0.2, 0.25) is 0 Å². The van der Waals surface area contributed by atoms with Crippen LogP contribution in [0.15, 0.2) is 47.5 Å². The van der Waals surface area contributed by atoms with Gasteiger partial charge in [0.1, 0.15) is 0 Å². The lowest BCUT2D eigenvalue weighted by Gasteiger charge is -2.14. The molecular formula is C15H22N4S. The Balaban J connectivity index is 1.88. The van der Waals surface area contributed by atoms with Crippen molar-refractivity contribution in [2.24, 2.45) is 5.84 Å². The zero-order valence-corrected chi connectivity index (χ0v) is 12.8. The van der Waals surface area contributed by atoms with Crippen LogP contribution in [0.3, 0.4) is 0 Å². The van der Waals surface area contributed by atoms with Crippen molar-refractivity contribution in [2.75, 3.05) is 5.75 Å². The van der Waals surface area contributed by atoms with Crippen LogP contribution in [0.2, 0.25) is 0 Å². The zero-order chi connectivity index (χ0) is 14.4. The lowest BCUT2D eigenvalue weighted by Crippen LogP contribution is -2.38. The lowest BCUT2D eigenvalue weighted by atomic mass is 10.2. The Bertz CT molecular complexity index is 510. The van der Waals surface area contributed by atoms with Crippen molar-refractivity contribution in [1.82, 2.24) is 15.2 Å². The molecule has 20 heavy (non-hydrogen) atoms. The predicted molar refractivity (Wildman–Crippen MR) is 84.6 cm³/mol. The maximum Gasteiger partial charge on any atom is 0.0641 e. The molecule has 2 aromatic rings. The molecule has 1 unspecified atom stereocenters. The Hall–Kier alpha value is -1.30. The molecule has 0 saturated heterocycles. The first-order valence-electron chi connectivity index (χ1n) is 6.87. The van der Waals surface area contributed by atoms with Crippen molar-refractivity contribution in [3.8, 4) is 0 Å². The second-order valence-electron chi connectivity index (χ2n) is 5.07. The monoisotopic (exact) mass is 290 g/mol. The standard InChI is InChI=1S/C15H22N4S/c1-12(2)19-9-8-13(18-19)10-14(17-16)11-20-15-6-4-3-5-7-15/h3-9,12,14,17H,10-11,16H2,1-2H3. The molecule has 108 valence electrons. The van der Waals surface area contributed by atoms with Gasteiger partial charge in [0.05, 0.1) is 5.69 Å². The van der Waals surface area contributed by atoms with Crippen LogP contribution >= 0.6 is 11.8 Å². The van der Waals surface area contributed by atoms with E-state index in [1.54, 1.807) is 0 Å². The Morgan fingerprint density at radius 2 is 2.00 bits per heavy atom. The Morgan fingerprint density at radius 3 is 2.60 bits per heavy atom. The molecule has 3 N–H and O–H groups in total. The van der Waals surface area contributed by atoms with Crippen LogP contribution in [0.25, 0.3) is 0 Å². The third-order valence-electron chi connectivity index (χ3n) is 3.08. The summed E-state index contributed by atoms with van der Waals surface area (Å²) in [7, 11) is 0. The Kier molecular flexibility index (Phi) is 5.64. The fourth-order valence-electron chi connectivity index (χ4n) is 1.91. The first-order chi connectivity index (χ1) is 9.69. The van der Waals surface area contributed by atoms with Crippen LogP contribution in [0.5, 0.6) is 0 Å². The number of benzene rings is 1. The van der Waals surface area contributed by atoms with Crippen LogP contribution in [-0.2, 0) is 6.42 Å². The van der Waals surface area contributed by atoms with Crippen molar-refractivity contribution in [3.05, 3.63) is 48.3 Å². The van der Waals surface area contributed by atoms with E-state index in [1.165, 1.54) is 4.90 Å². The molecule has 0 bridgehead atoms. The van der Waals surface area contributed by atoms with Crippen LogP contribution < -0.4 is 11.3 Å². The molecule has 0 spiro atoms. The van der Waals surface area contributed by atoms with E-state index in [2.05, 4.69) is 54.7 Å². The third-order valence-corrected chi connectivity index (χ3v) is 4.25. The quantitative estimate of drug-likeness (QED) is 0.467. The van der Waals surface area contributed by atoms with E-state index < -0.39 is 0 Å². The molecule has 1 aromatic carbocycles. The minimum absolute atomic E-state index is 0.218. The smallest absolute Gasteiger partial charge is 0.0641 e. The highest BCUT2D eigenvalue weighted by Gasteiger charge is 2.11. The van der Waals surface area contributed by atoms with Crippen molar-refractivity contribution >= 4 is 11.8 Å². The van der Waals surface area contributed by atoms with Crippen LogP contribution in [0.1, 0.15) is 25.6 Å². The number of aromatic nitrogens is 2. The average Bonchev–Trinajstić information content (AvgIpc) is 2.93. The Morgan fingerprint density at radius 1 is 1.25 bits per heavy atom. The fraction of sp³-hybridized carbons (Fsp3) is 0.400. The number of thioether (sulfide) groups is 1. The summed E-state index contributed by atoms with van der Waals surface area (Å²) in [5.74, 6) is 6.58. The molecule has 2 rings (SSSR count). The number of rotatable bonds is 7. The van der Waals surface area contributed by atoms with E-state index in [9.17, 15) is 0 Å². The third kappa shape index (κ3) is 4.37.